The first-order chi connectivity index (χ1) is 7.38. The van der Waals surface area contributed by atoms with Crippen molar-refractivity contribution in [2.75, 3.05) is 17.7 Å². The van der Waals surface area contributed by atoms with Gasteiger partial charge in [0, 0.05) is 25.6 Å². The molecule has 0 spiro atoms. The van der Waals surface area contributed by atoms with Crippen LogP contribution in [-0.4, -0.2) is 27.0 Å². The Kier molecular flexibility index (Phi) is 2.68. The third-order valence-electron chi connectivity index (χ3n) is 1.68. The van der Waals surface area contributed by atoms with E-state index >= 15 is 0 Å². The number of nitrogens with one attached hydrogen (secondary N) is 2. The summed E-state index contributed by atoms with van der Waals surface area (Å²) in [5.41, 5.74) is 0. The van der Waals surface area contributed by atoms with Crippen molar-refractivity contribution in [2.24, 2.45) is 0 Å². The highest BCUT2D eigenvalue weighted by molar-refractivity contribution is 5.48. The average molecular weight is 202 g/mol. The van der Waals surface area contributed by atoms with Crippen LogP contribution in [0.1, 0.15) is 0 Å². The van der Waals surface area contributed by atoms with Crippen LogP contribution in [-0.2, 0) is 0 Å². The van der Waals surface area contributed by atoms with E-state index in [1.807, 2.05) is 0 Å². The molecule has 0 aliphatic heterocycles. The van der Waals surface area contributed by atoms with Gasteiger partial charge in [0.25, 0.3) is 0 Å². The first-order valence-electron chi connectivity index (χ1n) is 4.43. The third kappa shape index (κ3) is 2.37. The molecule has 2 aromatic rings. The lowest BCUT2D eigenvalue weighted by atomic mass is 10.5. The summed E-state index contributed by atoms with van der Waals surface area (Å²) >= 11 is 0. The molecule has 0 amide bonds. The van der Waals surface area contributed by atoms with Crippen LogP contribution in [0.3, 0.4) is 0 Å². The number of rotatable bonds is 3. The Morgan fingerprint density at radius 2 is 1.73 bits per heavy atom. The van der Waals surface area contributed by atoms with Gasteiger partial charge in [-0.25, -0.2) is 15.0 Å². The highest BCUT2D eigenvalue weighted by Gasteiger charge is 1.98. The Bertz CT molecular complexity index is 430. The smallest absolute Gasteiger partial charge is 0.228 e. The molecule has 2 N–H and O–H groups in total. The quantitative estimate of drug-likeness (QED) is 0.774. The highest BCUT2D eigenvalue weighted by Crippen LogP contribution is 2.09. The van der Waals surface area contributed by atoms with Crippen molar-refractivity contribution in [3.8, 4) is 0 Å². The number of nitrogens with zero attached hydrogens (tertiary/aromatic N) is 4. The molecule has 0 unspecified atom stereocenters. The van der Waals surface area contributed by atoms with Crippen molar-refractivity contribution >= 4 is 17.7 Å². The van der Waals surface area contributed by atoms with Crippen LogP contribution < -0.4 is 10.6 Å². The normalized spacial score (nSPS) is 9.67. The summed E-state index contributed by atoms with van der Waals surface area (Å²) in [5.74, 6) is 1.72. The Balaban J connectivity index is 2.17. The van der Waals surface area contributed by atoms with Crippen LogP contribution >= 0.6 is 0 Å². The van der Waals surface area contributed by atoms with E-state index in [-0.39, 0.29) is 0 Å². The predicted molar refractivity (Wildman–Crippen MR) is 56.9 cm³/mol. The molecule has 15 heavy (non-hydrogen) atoms. The topological polar surface area (TPSA) is 75.6 Å². The van der Waals surface area contributed by atoms with Gasteiger partial charge in [-0.2, -0.15) is 4.98 Å². The molecule has 0 aromatic carbocycles. The summed E-state index contributed by atoms with van der Waals surface area (Å²) in [6, 6.07) is 3.50. The number of aromatic nitrogens is 4. The summed E-state index contributed by atoms with van der Waals surface area (Å²) < 4.78 is 0. The first-order valence-corrected chi connectivity index (χ1v) is 4.43. The molecule has 0 bridgehead atoms. The second-order valence-electron chi connectivity index (χ2n) is 2.71. The molecular weight excluding hydrogens is 192 g/mol. The summed E-state index contributed by atoms with van der Waals surface area (Å²) in [6.07, 6.45) is 4.98. The van der Waals surface area contributed by atoms with Crippen LogP contribution in [0.25, 0.3) is 0 Å². The fourth-order valence-electron chi connectivity index (χ4n) is 1.03. The van der Waals surface area contributed by atoms with Crippen molar-refractivity contribution in [3.63, 3.8) is 0 Å². The molecule has 0 radical (unpaired) electrons. The van der Waals surface area contributed by atoms with Crippen molar-refractivity contribution in [1.82, 2.24) is 19.9 Å². The van der Waals surface area contributed by atoms with E-state index < -0.39 is 0 Å². The summed E-state index contributed by atoms with van der Waals surface area (Å²) in [6.45, 7) is 0. The summed E-state index contributed by atoms with van der Waals surface area (Å²) in [7, 11) is 1.76. The number of hydrogen-bond donors (Lipinski definition) is 2. The van der Waals surface area contributed by atoms with Gasteiger partial charge in [0.05, 0.1) is 0 Å². The minimum atomic E-state index is 0.512. The molecule has 2 aromatic heterocycles. The lowest BCUT2D eigenvalue weighted by Crippen LogP contribution is -2.01. The molecule has 0 saturated carbocycles. The number of hydrogen-bond acceptors (Lipinski definition) is 6. The van der Waals surface area contributed by atoms with Gasteiger partial charge in [-0.3, -0.25) is 0 Å². The van der Waals surface area contributed by atoms with E-state index in [1.165, 1.54) is 0 Å². The molecule has 2 rings (SSSR count). The minimum absolute atomic E-state index is 0.512. The Labute approximate surface area is 86.8 Å². The van der Waals surface area contributed by atoms with E-state index in [0.717, 1.165) is 0 Å². The van der Waals surface area contributed by atoms with Crippen LogP contribution in [0, 0.1) is 0 Å². The highest BCUT2D eigenvalue weighted by atomic mass is 15.2. The van der Waals surface area contributed by atoms with Crippen LogP contribution in [0.15, 0.2) is 30.7 Å². The maximum atomic E-state index is 4.17. The molecule has 0 aliphatic rings. The molecule has 6 heteroatoms. The fraction of sp³-hybridized carbons (Fsp3) is 0.111. The maximum absolute atomic E-state index is 4.17. The first kappa shape index (κ1) is 9.32. The Hall–Kier alpha value is -2.24. The van der Waals surface area contributed by atoms with E-state index in [9.17, 15) is 0 Å². The average Bonchev–Trinajstić information content (AvgIpc) is 2.31. The van der Waals surface area contributed by atoms with Crippen LogP contribution in [0.2, 0.25) is 0 Å². The summed E-state index contributed by atoms with van der Waals surface area (Å²) in [5, 5.41) is 5.82. The van der Waals surface area contributed by atoms with Crippen molar-refractivity contribution in [1.29, 1.82) is 0 Å². The minimum Gasteiger partial charge on any atom is -0.357 e. The van der Waals surface area contributed by atoms with Gasteiger partial charge in [0.2, 0.25) is 11.9 Å². The maximum Gasteiger partial charge on any atom is 0.228 e. The van der Waals surface area contributed by atoms with Gasteiger partial charge in [-0.05, 0) is 12.1 Å². The van der Waals surface area contributed by atoms with E-state index in [0.29, 0.717) is 17.7 Å². The molecular formula is C9H10N6. The van der Waals surface area contributed by atoms with Crippen molar-refractivity contribution in [3.05, 3.63) is 30.7 Å². The predicted octanol–water partition coefficient (Wildman–Crippen LogP) is 1.05. The lowest BCUT2D eigenvalue weighted by Gasteiger charge is -2.03. The molecule has 76 valence electrons. The monoisotopic (exact) mass is 202 g/mol. The van der Waals surface area contributed by atoms with E-state index in [1.54, 1.807) is 37.8 Å². The van der Waals surface area contributed by atoms with Gasteiger partial charge in [-0.1, -0.05) is 0 Å². The molecule has 0 saturated heterocycles. The van der Waals surface area contributed by atoms with Gasteiger partial charge in [0.1, 0.15) is 5.82 Å². The third-order valence-corrected chi connectivity index (χ3v) is 1.68. The van der Waals surface area contributed by atoms with Gasteiger partial charge >= 0.3 is 0 Å². The Morgan fingerprint density at radius 3 is 2.47 bits per heavy atom. The second-order valence-corrected chi connectivity index (χ2v) is 2.71. The molecule has 0 aliphatic carbocycles. The fourth-order valence-corrected chi connectivity index (χ4v) is 1.03. The lowest BCUT2D eigenvalue weighted by molar-refractivity contribution is 1.11. The zero-order chi connectivity index (χ0) is 10.5. The SMILES string of the molecule is CNc1nccc(Nc2ncccn2)n1. The largest absolute Gasteiger partial charge is 0.357 e. The standard InChI is InChI=1S/C9H10N6/c1-10-8-13-6-3-7(14-8)15-9-11-4-2-5-12-9/h2-6H,1H3,(H2,10,11,12,13,14,15). The van der Waals surface area contributed by atoms with E-state index in [2.05, 4.69) is 30.6 Å². The van der Waals surface area contributed by atoms with Gasteiger partial charge in [-0.15, -0.1) is 0 Å². The molecule has 6 nitrogen and oxygen atoms in total. The van der Waals surface area contributed by atoms with E-state index in [4.69, 9.17) is 0 Å². The molecule has 2 heterocycles. The van der Waals surface area contributed by atoms with Crippen LogP contribution in [0.4, 0.5) is 17.7 Å². The number of anilines is 3. The second kappa shape index (κ2) is 4.32. The van der Waals surface area contributed by atoms with Crippen molar-refractivity contribution < 1.29 is 0 Å². The van der Waals surface area contributed by atoms with Gasteiger partial charge in [0.15, 0.2) is 0 Å². The molecule has 0 atom stereocenters. The zero-order valence-corrected chi connectivity index (χ0v) is 8.18. The van der Waals surface area contributed by atoms with Gasteiger partial charge < -0.3 is 10.6 Å². The Morgan fingerprint density at radius 1 is 1.00 bits per heavy atom. The van der Waals surface area contributed by atoms with Crippen LogP contribution in [0.5, 0.6) is 0 Å². The van der Waals surface area contributed by atoms with Crippen molar-refractivity contribution in [2.45, 2.75) is 0 Å². The summed E-state index contributed by atoms with van der Waals surface area (Å²) in [4.78, 5) is 16.2. The molecule has 0 fully saturated rings. The zero-order valence-electron chi connectivity index (χ0n) is 8.18.